The van der Waals surface area contributed by atoms with Crippen LogP contribution in [0.4, 0.5) is 8.78 Å². The first-order chi connectivity index (χ1) is 11.1. The molecule has 1 aromatic heterocycles. The summed E-state index contributed by atoms with van der Waals surface area (Å²) in [7, 11) is 0. The van der Waals surface area contributed by atoms with E-state index in [1.165, 1.54) is 18.2 Å². The fraction of sp³-hybridized carbons (Fsp3) is 0.471. The van der Waals surface area contributed by atoms with Crippen LogP contribution in [0.2, 0.25) is 0 Å². The lowest BCUT2D eigenvalue weighted by Crippen LogP contribution is -2.36. The molecule has 1 aromatic carbocycles. The number of aliphatic hydroxyl groups is 1. The Hall–Kier alpha value is -1.79. The monoisotopic (exact) mass is 323 g/mol. The van der Waals surface area contributed by atoms with Crippen molar-refractivity contribution in [1.82, 2.24) is 15.5 Å². The molecule has 0 bridgehead atoms. The van der Waals surface area contributed by atoms with Gasteiger partial charge in [-0.3, -0.25) is 5.10 Å². The van der Waals surface area contributed by atoms with Crippen molar-refractivity contribution in [3.8, 4) is 11.3 Å². The molecule has 4 nitrogen and oxygen atoms in total. The molecule has 2 aromatic rings. The molecule has 23 heavy (non-hydrogen) atoms. The van der Waals surface area contributed by atoms with Crippen LogP contribution >= 0.6 is 0 Å². The fourth-order valence-electron chi connectivity index (χ4n) is 2.64. The normalized spacial score (nSPS) is 11.9. The zero-order valence-electron chi connectivity index (χ0n) is 13.5. The van der Waals surface area contributed by atoms with Crippen molar-refractivity contribution < 1.29 is 13.9 Å². The number of hydrogen-bond donors (Lipinski definition) is 3. The van der Waals surface area contributed by atoms with Gasteiger partial charge in [0.1, 0.15) is 11.6 Å². The maximum atomic E-state index is 13.9. The lowest BCUT2D eigenvalue weighted by atomic mass is 9.83. The largest absolute Gasteiger partial charge is 0.396 e. The number of aromatic amines is 1. The highest BCUT2D eigenvalue weighted by Crippen LogP contribution is 2.28. The number of aromatic nitrogens is 2. The Morgan fingerprint density at radius 3 is 2.43 bits per heavy atom. The highest BCUT2D eigenvalue weighted by Gasteiger charge is 2.25. The SMILES string of the molecule is CCC(CC)(CO)CNCc1cn[nH]c1-c1c(F)cccc1F. The van der Waals surface area contributed by atoms with E-state index in [0.717, 1.165) is 12.8 Å². The van der Waals surface area contributed by atoms with Gasteiger partial charge >= 0.3 is 0 Å². The van der Waals surface area contributed by atoms with E-state index in [0.29, 0.717) is 24.3 Å². The average molecular weight is 323 g/mol. The van der Waals surface area contributed by atoms with Crippen LogP contribution in [-0.4, -0.2) is 28.5 Å². The van der Waals surface area contributed by atoms with Crippen LogP contribution in [0.25, 0.3) is 11.3 Å². The molecule has 0 atom stereocenters. The number of H-pyrrole nitrogens is 1. The summed E-state index contributed by atoms with van der Waals surface area (Å²) in [6.07, 6.45) is 3.27. The van der Waals surface area contributed by atoms with E-state index in [4.69, 9.17) is 0 Å². The van der Waals surface area contributed by atoms with E-state index in [-0.39, 0.29) is 17.6 Å². The van der Waals surface area contributed by atoms with Crippen molar-refractivity contribution in [2.75, 3.05) is 13.2 Å². The molecule has 0 unspecified atom stereocenters. The van der Waals surface area contributed by atoms with E-state index < -0.39 is 11.6 Å². The summed E-state index contributed by atoms with van der Waals surface area (Å²) in [6.45, 7) is 5.23. The van der Waals surface area contributed by atoms with Crippen LogP contribution in [0.1, 0.15) is 32.3 Å². The van der Waals surface area contributed by atoms with Gasteiger partial charge < -0.3 is 10.4 Å². The summed E-state index contributed by atoms with van der Waals surface area (Å²) in [5.74, 6) is -1.25. The predicted molar refractivity (Wildman–Crippen MR) is 85.7 cm³/mol. The van der Waals surface area contributed by atoms with Gasteiger partial charge in [-0.1, -0.05) is 19.9 Å². The van der Waals surface area contributed by atoms with E-state index >= 15 is 0 Å². The van der Waals surface area contributed by atoms with Gasteiger partial charge in [-0.05, 0) is 25.0 Å². The van der Waals surface area contributed by atoms with E-state index in [1.54, 1.807) is 6.20 Å². The van der Waals surface area contributed by atoms with Gasteiger partial charge in [-0.25, -0.2) is 8.78 Å². The van der Waals surface area contributed by atoms with Crippen molar-refractivity contribution in [1.29, 1.82) is 0 Å². The molecule has 126 valence electrons. The van der Waals surface area contributed by atoms with Gasteiger partial charge in [0.25, 0.3) is 0 Å². The summed E-state index contributed by atoms with van der Waals surface area (Å²) in [6, 6.07) is 3.78. The van der Waals surface area contributed by atoms with Crippen LogP contribution in [0.15, 0.2) is 24.4 Å². The number of aliphatic hydroxyl groups excluding tert-OH is 1. The number of benzene rings is 1. The number of hydrogen-bond acceptors (Lipinski definition) is 3. The Bertz CT molecular complexity index is 610. The quantitative estimate of drug-likeness (QED) is 0.699. The first-order valence-electron chi connectivity index (χ1n) is 7.85. The maximum absolute atomic E-state index is 13.9. The minimum Gasteiger partial charge on any atom is -0.396 e. The Labute approximate surface area is 134 Å². The molecule has 0 radical (unpaired) electrons. The van der Waals surface area contributed by atoms with Gasteiger partial charge in [-0.15, -0.1) is 0 Å². The lowest BCUT2D eigenvalue weighted by Gasteiger charge is -2.29. The lowest BCUT2D eigenvalue weighted by molar-refractivity contribution is 0.113. The Morgan fingerprint density at radius 1 is 1.22 bits per heavy atom. The van der Waals surface area contributed by atoms with E-state index in [1.807, 2.05) is 13.8 Å². The first kappa shape index (κ1) is 17.6. The molecule has 1 heterocycles. The van der Waals surface area contributed by atoms with Crippen LogP contribution in [0.5, 0.6) is 0 Å². The summed E-state index contributed by atoms with van der Waals surface area (Å²) in [5, 5.41) is 19.4. The van der Waals surface area contributed by atoms with Gasteiger partial charge in [0.2, 0.25) is 0 Å². The van der Waals surface area contributed by atoms with Crippen LogP contribution in [0.3, 0.4) is 0 Å². The minimum absolute atomic E-state index is 0.0961. The molecule has 0 spiro atoms. The molecule has 2 rings (SSSR count). The second-order valence-electron chi connectivity index (χ2n) is 5.84. The standard InChI is InChI=1S/C17H23F2N3O/c1-3-17(4-2,11-23)10-20-8-12-9-21-22-16(12)15-13(18)6-5-7-14(15)19/h5-7,9,20,23H,3-4,8,10-11H2,1-2H3,(H,21,22). The molecule has 0 aliphatic rings. The topological polar surface area (TPSA) is 60.9 Å². The van der Waals surface area contributed by atoms with Crippen molar-refractivity contribution in [3.05, 3.63) is 41.6 Å². The van der Waals surface area contributed by atoms with Gasteiger partial charge in [0.15, 0.2) is 0 Å². The molecule has 0 saturated carbocycles. The Morgan fingerprint density at radius 2 is 1.87 bits per heavy atom. The smallest absolute Gasteiger partial charge is 0.135 e. The van der Waals surface area contributed by atoms with Gasteiger partial charge in [-0.2, -0.15) is 5.10 Å². The number of halogens is 2. The second kappa shape index (κ2) is 7.66. The Kier molecular flexibility index (Phi) is 5.85. The summed E-state index contributed by atoms with van der Waals surface area (Å²) >= 11 is 0. The molecular weight excluding hydrogens is 300 g/mol. The number of nitrogens with zero attached hydrogens (tertiary/aromatic N) is 1. The molecule has 3 N–H and O–H groups in total. The van der Waals surface area contributed by atoms with Crippen LogP contribution in [0, 0.1) is 17.0 Å². The summed E-state index contributed by atoms with van der Waals surface area (Å²) in [4.78, 5) is 0. The van der Waals surface area contributed by atoms with Crippen molar-refractivity contribution in [3.63, 3.8) is 0 Å². The molecule has 0 fully saturated rings. The third-order valence-corrected chi connectivity index (χ3v) is 4.58. The highest BCUT2D eigenvalue weighted by molar-refractivity contribution is 5.64. The molecular formula is C17H23F2N3O. The number of rotatable bonds is 8. The van der Waals surface area contributed by atoms with Crippen LogP contribution in [-0.2, 0) is 6.54 Å². The third-order valence-electron chi connectivity index (χ3n) is 4.58. The molecule has 0 amide bonds. The molecule has 0 saturated heterocycles. The highest BCUT2D eigenvalue weighted by atomic mass is 19.1. The molecule has 0 aliphatic carbocycles. The summed E-state index contributed by atoms with van der Waals surface area (Å²) in [5.41, 5.74) is 0.762. The maximum Gasteiger partial charge on any atom is 0.135 e. The van der Waals surface area contributed by atoms with E-state index in [2.05, 4.69) is 15.5 Å². The van der Waals surface area contributed by atoms with Crippen molar-refractivity contribution in [2.45, 2.75) is 33.2 Å². The zero-order valence-corrected chi connectivity index (χ0v) is 13.5. The Balaban J connectivity index is 2.14. The minimum atomic E-state index is -0.623. The summed E-state index contributed by atoms with van der Waals surface area (Å²) < 4.78 is 27.9. The van der Waals surface area contributed by atoms with Gasteiger partial charge in [0.05, 0.1) is 17.5 Å². The van der Waals surface area contributed by atoms with Crippen LogP contribution < -0.4 is 5.32 Å². The van der Waals surface area contributed by atoms with Gasteiger partial charge in [0, 0.05) is 30.7 Å². The zero-order chi connectivity index (χ0) is 16.9. The fourth-order valence-corrected chi connectivity index (χ4v) is 2.64. The third kappa shape index (κ3) is 3.76. The van der Waals surface area contributed by atoms with E-state index in [9.17, 15) is 13.9 Å². The first-order valence-corrected chi connectivity index (χ1v) is 7.85. The molecule has 6 heteroatoms. The predicted octanol–water partition coefficient (Wildman–Crippen LogP) is 3.24. The van der Waals surface area contributed by atoms with Crippen molar-refractivity contribution in [2.24, 2.45) is 5.41 Å². The molecule has 0 aliphatic heterocycles. The van der Waals surface area contributed by atoms with Crippen molar-refractivity contribution >= 4 is 0 Å². The number of nitrogens with one attached hydrogen (secondary N) is 2. The second-order valence-corrected chi connectivity index (χ2v) is 5.84. The average Bonchev–Trinajstić information content (AvgIpc) is 3.00.